The number of ether oxygens (including phenoxy) is 1. The van der Waals surface area contributed by atoms with E-state index in [-0.39, 0.29) is 12.0 Å². The molecule has 3 nitrogen and oxygen atoms in total. The minimum atomic E-state index is -3.41. The van der Waals surface area contributed by atoms with Crippen molar-refractivity contribution in [1.29, 1.82) is 0 Å². The minimum Gasteiger partial charge on any atom is -0.469 e. The number of carbonyl (C=O) groups is 2. The van der Waals surface area contributed by atoms with Gasteiger partial charge in [-0.3, -0.25) is 9.59 Å². The highest BCUT2D eigenvalue weighted by atomic mass is 19.3. The van der Waals surface area contributed by atoms with Gasteiger partial charge in [0.05, 0.1) is 13.5 Å². The quantitative estimate of drug-likeness (QED) is 0.762. The molecule has 96 valence electrons. The number of Topliss-reactive ketones (excluding diaryl/α,β-unsaturated/α-hetero) is 1. The van der Waals surface area contributed by atoms with Crippen LogP contribution in [0.5, 0.6) is 0 Å². The molecule has 0 spiro atoms. The van der Waals surface area contributed by atoms with Gasteiger partial charge in [-0.25, -0.2) is 0 Å². The molecule has 0 aliphatic heterocycles. The summed E-state index contributed by atoms with van der Waals surface area (Å²) in [7, 11) is 1.21. The molecule has 0 saturated carbocycles. The summed E-state index contributed by atoms with van der Waals surface area (Å²) in [4.78, 5) is 22.8. The largest absolute Gasteiger partial charge is 0.469 e. The summed E-state index contributed by atoms with van der Waals surface area (Å²) >= 11 is 0. The average molecular weight is 254 g/mol. The highest BCUT2D eigenvalue weighted by Gasteiger charge is 2.47. The molecule has 5 heteroatoms. The van der Waals surface area contributed by atoms with Crippen LogP contribution in [-0.4, -0.2) is 24.8 Å². The summed E-state index contributed by atoms with van der Waals surface area (Å²) in [5, 5.41) is 0. The summed E-state index contributed by atoms with van der Waals surface area (Å²) in [6, 6.07) is 6.18. The summed E-state index contributed by atoms with van der Waals surface area (Å²) < 4.78 is 31.7. The van der Waals surface area contributed by atoms with E-state index < -0.39 is 30.0 Å². The van der Waals surface area contributed by atoms with Crippen LogP contribution in [0.4, 0.5) is 8.78 Å². The van der Waals surface area contributed by atoms with Gasteiger partial charge < -0.3 is 4.74 Å². The number of halogens is 2. The molecule has 1 unspecified atom stereocenters. The molecule has 18 heavy (non-hydrogen) atoms. The Bertz CT molecular complexity index is 497. The molecule has 1 aromatic carbocycles. The van der Waals surface area contributed by atoms with Crippen LogP contribution < -0.4 is 0 Å². The number of methoxy groups -OCH3 is 1. The Morgan fingerprint density at radius 1 is 1.44 bits per heavy atom. The zero-order valence-electron chi connectivity index (χ0n) is 9.78. The Balaban J connectivity index is 2.41. The summed E-state index contributed by atoms with van der Waals surface area (Å²) in [5.41, 5.74) is 0.501. The lowest BCUT2D eigenvalue weighted by Crippen LogP contribution is -2.37. The van der Waals surface area contributed by atoms with Crippen molar-refractivity contribution in [3.63, 3.8) is 0 Å². The molecule has 1 atom stereocenters. The summed E-state index contributed by atoms with van der Waals surface area (Å²) in [6.45, 7) is 0. The van der Waals surface area contributed by atoms with E-state index in [9.17, 15) is 18.4 Å². The molecule has 0 bridgehead atoms. The Hall–Kier alpha value is -1.78. The van der Waals surface area contributed by atoms with Gasteiger partial charge in [0.1, 0.15) is 0 Å². The summed E-state index contributed by atoms with van der Waals surface area (Å²) in [6.07, 6.45) is -0.783. The first-order valence-corrected chi connectivity index (χ1v) is 5.54. The number of alkyl halides is 2. The maximum atomic E-state index is 13.6. The number of benzene rings is 1. The highest BCUT2D eigenvalue weighted by Crippen LogP contribution is 2.41. The fraction of sp³-hybridized carbons (Fsp3) is 0.385. The lowest BCUT2D eigenvalue weighted by Gasteiger charge is -2.29. The smallest absolute Gasteiger partial charge is 0.310 e. The van der Waals surface area contributed by atoms with Crippen molar-refractivity contribution in [2.45, 2.75) is 24.7 Å². The minimum absolute atomic E-state index is 0.00246. The fourth-order valence-electron chi connectivity index (χ4n) is 2.24. The van der Waals surface area contributed by atoms with E-state index in [0.29, 0.717) is 5.56 Å². The summed E-state index contributed by atoms with van der Waals surface area (Å²) in [5.74, 6) is -5.81. The standard InChI is InChI=1S/C13H12F2O3/c1-18-11(16)6-8-7-13(14,15)12(17)10-5-3-2-4-9(8)10/h2-5,8H,6-7H2,1H3. The Kier molecular flexibility index (Phi) is 3.15. The molecule has 0 aromatic heterocycles. The zero-order valence-corrected chi connectivity index (χ0v) is 9.78. The van der Waals surface area contributed by atoms with Crippen molar-refractivity contribution < 1.29 is 23.1 Å². The fourth-order valence-corrected chi connectivity index (χ4v) is 2.24. The molecule has 0 radical (unpaired) electrons. The van der Waals surface area contributed by atoms with E-state index in [4.69, 9.17) is 0 Å². The number of hydrogen-bond acceptors (Lipinski definition) is 3. The number of rotatable bonds is 2. The molecule has 0 heterocycles. The van der Waals surface area contributed by atoms with E-state index in [1.54, 1.807) is 12.1 Å². The van der Waals surface area contributed by atoms with Crippen LogP contribution in [0.1, 0.15) is 34.7 Å². The van der Waals surface area contributed by atoms with Crippen LogP contribution in [-0.2, 0) is 9.53 Å². The van der Waals surface area contributed by atoms with Gasteiger partial charge in [-0.2, -0.15) is 8.78 Å². The average Bonchev–Trinajstić information content (AvgIpc) is 2.35. The second-order valence-corrected chi connectivity index (χ2v) is 4.30. The third-order valence-corrected chi connectivity index (χ3v) is 3.12. The molecule has 1 aliphatic rings. The molecule has 0 fully saturated rings. The van der Waals surface area contributed by atoms with Crippen LogP contribution >= 0.6 is 0 Å². The molecule has 1 aromatic rings. The topological polar surface area (TPSA) is 43.4 Å². The SMILES string of the molecule is COC(=O)CC1CC(F)(F)C(=O)c2ccccc21. The van der Waals surface area contributed by atoms with Crippen LogP contribution in [0.3, 0.4) is 0 Å². The first-order chi connectivity index (χ1) is 8.45. The highest BCUT2D eigenvalue weighted by molar-refractivity contribution is 6.04. The lowest BCUT2D eigenvalue weighted by molar-refractivity contribution is -0.141. The predicted octanol–water partition coefficient (Wildman–Crippen LogP) is 2.56. The van der Waals surface area contributed by atoms with Gasteiger partial charge in [-0.1, -0.05) is 24.3 Å². The monoisotopic (exact) mass is 254 g/mol. The van der Waals surface area contributed by atoms with Crippen molar-refractivity contribution in [2.24, 2.45) is 0 Å². The molecule has 1 aliphatic carbocycles. The van der Waals surface area contributed by atoms with Gasteiger partial charge >= 0.3 is 11.9 Å². The van der Waals surface area contributed by atoms with Crippen molar-refractivity contribution in [3.05, 3.63) is 35.4 Å². The maximum absolute atomic E-state index is 13.6. The van der Waals surface area contributed by atoms with Gasteiger partial charge in [0, 0.05) is 17.9 Å². The van der Waals surface area contributed by atoms with Crippen LogP contribution in [0, 0.1) is 0 Å². The molecule has 0 amide bonds. The van der Waals surface area contributed by atoms with Crippen molar-refractivity contribution >= 4 is 11.8 Å². The predicted molar refractivity (Wildman–Crippen MR) is 59.7 cm³/mol. The molecular weight excluding hydrogens is 242 g/mol. The van der Waals surface area contributed by atoms with Crippen LogP contribution in [0.15, 0.2) is 24.3 Å². The van der Waals surface area contributed by atoms with E-state index >= 15 is 0 Å². The third-order valence-electron chi connectivity index (χ3n) is 3.12. The Labute approximate surface area is 103 Å². The van der Waals surface area contributed by atoms with Gasteiger partial charge in [-0.05, 0) is 5.56 Å². The van der Waals surface area contributed by atoms with E-state index in [1.165, 1.54) is 19.2 Å². The second-order valence-electron chi connectivity index (χ2n) is 4.30. The first kappa shape index (κ1) is 12.7. The van der Waals surface area contributed by atoms with Crippen molar-refractivity contribution in [3.8, 4) is 0 Å². The molecule has 2 rings (SSSR count). The molecule has 0 N–H and O–H groups in total. The normalized spacial score (nSPS) is 21.3. The third kappa shape index (κ3) is 2.12. The molecular formula is C13H12F2O3. The number of esters is 1. The van der Waals surface area contributed by atoms with Gasteiger partial charge in [-0.15, -0.1) is 0 Å². The lowest BCUT2D eigenvalue weighted by atomic mass is 9.78. The van der Waals surface area contributed by atoms with E-state index in [0.717, 1.165) is 0 Å². The maximum Gasteiger partial charge on any atom is 0.310 e. The van der Waals surface area contributed by atoms with Gasteiger partial charge in [0.15, 0.2) is 0 Å². The zero-order chi connectivity index (χ0) is 13.3. The van der Waals surface area contributed by atoms with Crippen molar-refractivity contribution in [1.82, 2.24) is 0 Å². The van der Waals surface area contributed by atoms with Gasteiger partial charge in [0.25, 0.3) is 0 Å². The first-order valence-electron chi connectivity index (χ1n) is 5.54. The number of fused-ring (bicyclic) bond motifs is 1. The van der Waals surface area contributed by atoms with Crippen LogP contribution in [0.25, 0.3) is 0 Å². The molecule has 0 saturated heterocycles. The van der Waals surface area contributed by atoms with Crippen molar-refractivity contribution in [2.75, 3.05) is 7.11 Å². The number of hydrogen-bond donors (Lipinski definition) is 0. The van der Waals surface area contributed by atoms with Crippen LogP contribution in [0.2, 0.25) is 0 Å². The van der Waals surface area contributed by atoms with E-state index in [2.05, 4.69) is 4.74 Å². The van der Waals surface area contributed by atoms with Gasteiger partial charge in [0.2, 0.25) is 5.78 Å². The Morgan fingerprint density at radius 3 is 2.78 bits per heavy atom. The number of ketones is 1. The van der Waals surface area contributed by atoms with E-state index in [1.807, 2.05) is 0 Å². The number of carbonyl (C=O) groups excluding carboxylic acids is 2. The second kappa shape index (κ2) is 4.48. The Morgan fingerprint density at radius 2 is 2.11 bits per heavy atom.